The summed E-state index contributed by atoms with van der Waals surface area (Å²) in [7, 11) is 1.45. The molecule has 1 unspecified atom stereocenters. The van der Waals surface area contributed by atoms with Crippen LogP contribution < -0.4 is 5.32 Å². The van der Waals surface area contributed by atoms with E-state index in [0.717, 1.165) is 25.1 Å². The Hall–Kier alpha value is -1.14. The number of hydrogen-bond acceptors (Lipinski definition) is 6. The van der Waals surface area contributed by atoms with Crippen molar-refractivity contribution in [2.45, 2.75) is 37.4 Å². The Kier molecular flexibility index (Phi) is 4.99. The number of ether oxygens (including phenoxy) is 1. The quantitative estimate of drug-likeness (QED) is 0.470. The summed E-state index contributed by atoms with van der Waals surface area (Å²) in [6.45, 7) is 4.68. The molecule has 1 aromatic heterocycles. The van der Waals surface area contributed by atoms with Gasteiger partial charge >= 0.3 is 5.97 Å². The normalized spacial score (nSPS) is 17.6. The number of thioether (sulfide) groups is 1. The van der Waals surface area contributed by atoms with Crippen molar-refractivity contribution in [3.8, 4) is 0 Å². The molecule has 0 aromatic carbocycles. The Morgan fingerprint density at radius 3 is 2.90 bits per heavy atom. The minimum Gasteiger partial charge on any atom is -0.468 e. The fourth-order valence-electron chi connectivity index (χ4n) is 2.36. The Bertz CT molecular complexity index is 479. The lowest BCUT2D eigenvalue weighted by atomic mass is 9.95. The van der Waals surface area contributed by atoms with E-state index in [4.69, 9.17) is 4.74 Å². The highest BCUT2D eigenvalue weighted by molar-refractivity contribution is 7.99. The van der Waals surface area contributed by atoms with E-state index < -0.39 is 5.54 Å². The molecule has 0 aliphatic heterocycles. The smallest absolute Gasteiger partial charge is 0.327 e. The number of nitrogens with zero attached hydrogens (tertiary/aromatic N) is 2. The molecule has 110 valence electrons. The van der Waals surface area contributed by atoms with Crippen LogP contribution in [0.3, 0.4) is 0 Å². The minimum atomic E-state index is -0.610. The zero-order valence-corrected chi connectivity index (χ0v) is 13.0. The summed E-state index contributed by atoms with van der Waals surface area (Å²) in [6, 6.07) is 1.86. The third-order valence-electron chi connectivity index (χ3n) is 3.52. The molecule has 1 heterocycles. The Morgan fingerprint density at radius 2 is 2.35 bits per heavy atom. The number of rotatable bonds is 7. The molecule has 1 atom stereocenters. The number of esters is 1. The van der Waals surface area contributed by atoms with Crippen LogP contribution in [0.5, 0.6) is 0 Å². The molecule has 20 heavy (non-hydrogen) atoms. The Labute approximate surface area is 123 Å². The fourth-order valence-corrected chi connectivity index (χ4v) is 3.51. The van der Waals surface area contributed by atoms with Gasteiger partial charge in [-0.25, -0.2) is 9.97 Å². The van der Waals surface area contributed by atoms with Gasteiger partial charge < -0.3 is 10.1 Å². The van der Waals surface area contributed by atoms with Crippen molar-refractivity contribution in [1.82, 2.24) is 15.3 Å². The van der Waals surface area contributed by atoms with Crippen molar-refractivity contribution in [2.75, 3.05) is 19.4 Å². The maximum atomic E-state index is 12.3. The number of methoxy groups -OCH3 is 1. The van der Waals surface area contributed by atoms with E-state index in [1.807, 2.05) is 19.9 Å². The molecule has 1 aliphatic rings. The summed E-state index contributed by atoms with van der Waals surface area (Å²) in [6.07, 6.45) is 3.88. The minimum absolute atomic E-state index is 0.179. The lowest BCUT2D eigenvalue weighted by Gasteiger charge is -2.31. The van der Waals surface area contributed by atoms with Crippen molar-refractivity contribution in [1.29, 1.82) is 0 Å². The zero-order valence-electron chi connectivity index (χ0n) is 12.2. The molecule has 1 aromatic rings. The SMILES string of the molecule is CCNC(CSc1nccc(C)n1)(C(=O)OC)C1CC1. The molecule has 0 radical (unpaired) electrons. The molecule has 1 N–H and O–H groups in total. The molecular formula is C14H21N3O2S. The van der Waals surface area contributed by atoms with E-state index in [1.54, 1.807) is 6.20 Å². The van der Waals surface area contributed by atoms with Crippen LogP contribution in [0.4, 0.5) is 0 Å². The largest absolute Gasteiger partial charge is 0.468 e. The predicted molar refractivity (Wildman–Crippen MR) is 78.6 cm³/mol. The van der Waals surface area contributed by atoms with Crippen LogP contribution in [-0.4, -0.2) is 40.9 Å². The van der Waals surface area contributed by atoms with Gasteiger partial charge in [-0.2, -0.15) is 0 Å². The number of likely N-dealkylation sites (N-methyl/N-ethyl adjacent to an activating group) is 1. The lowest BCUT2D eigenvalue weighted by Crippen LogP contribution is -2.56. The van der Waals surface area contributed by atoms with Gasteiger partial charge in [-0.15, -0.1) is 0 Å². The van der Waals surface area contributed by atoms with Gasteiger partial charge in [-0.1, -0.05) is 18.7 Å². The molecular weight excluding hydrogens is 274 g/mol. The number of hydrogen-bond donors (Lipinski definition) is 1. The summed E-state index contributed by atoms with van der Waals surface area (Å²) >= 11 is 1.51. The van der Waals surface area contributed by atoms with Gasteiger partial charge in [0.25, 0.3) is 0 Å². The number of aryl methyl sites for hydroxylation is 1. The first-order valence-electron chi connectivity index (χ1n) is 6.88. The monoisotopic (exact) mass is 295 g/mol. The van der Waals surface area contributed by atoms with Gasteiger partial charge in [0.05, 0.1) is 7.11 Å². The van der Waals surface area contributed by atoms with Gasteiger partial charge in [-0.05, 0) is 38.3 Å². The lowest BCUT2D eigenvalue weighted by molar-refractivity contribution is -0.148. The highest BCUT2D eigenvalue weighted by atomic mass is 32.2. The molecule has 0 bridgehead atoms. The van der Waals surface area contributed by atoms with Crippen LogP contribution in [0.15, 0.2) is 17.4 Å². The average molecular weight is 295 g/mol. The number of aromatic nitrogens is 2. The second-order valence-electron chi connectivity index (χ2n) is 5.04. The van der Waals surface area contributed by atoms with Gasteiger partial charge in [-0.3, -0.25) is 4.79 Å². The van der Waals surface area contributed by atoms with Crippen LogP contribution in [-0.2, 0) is 9.53 Å². The van der Waals surface area contributed by atoms with Crippen molar-refractivity contribution in [2.24, 2.45) is 5.92 Å². The van der Waals surface area contributed by atoms with Crippen molar-refractivity contribution < 1.29 is 9.53 Å². The third kappa shape index (κ3) is 3.30. The molecule has 0 amide bonds. The first-order chi connectivity index (χ1) is 9.62. The first-order valence-corrected chi connectivity index (χ1v) is 7.87. The fraction of sp³-hybridized carbons (Fsp3) is 0.643. The second-order valence-corrected chi connectivity index (χ2v) is 5.98. The molecule has 0 saturated heterocycles. The Balaban J connectivity index is 2.13. The average Bonchev–Trinajstić information content (AvgIpc) is 3.27. The molecule has 2 rings (SSSR count). The topological polar surface area (TPSA) is 64.1 Å². The molecule has 1 fully saturated rings. The predicted octanol–water partition coefficient (Wildman–Crippen LogP) is 1.81. The molecule has 1 aliphatic carbocycles. The first kappa shape index (κ1) is 15.3. The number of carbonyl (C=O) groups is 1. The van der Waals surface area contributed by atoms with E-state index in [0.29, 0.717) is 16.8 Å². The summed E-state index contributed by atoms with van der Waals surface area (Å²) in [4.78, 5) is 20.9. The molecule has 5 nitrogen and oxygen atoms in total. The highest BCUT2D eigenvalue weighted by Gasteiger charge is 2.51. The zero-order chi connectivity index (χ0) is 14.6. The van der Waals surface area contributed by atoms with Crippen LogP contribution in [0.2, 0.25) is 0 Å². The number of carbonyl (C=O) groups excluding carboxylic acids is 1. The number of nitrogens with one attached hydrogen (secondary N) is 1. The molecule has 1 saturated carbocycles. The Morgan fingerprint density at radius 1 is 1.60 bits per heavy atom. The molecule has 0 spiro atoms. The van der Waals surface area contributed by atoms with Gasteiger partial charge in [0, 0.05) is 17.6 Å². The van der Waals surface area contributed by atoms with Crippen LogP contribution >= 0.6 is 11.8 Å². The second kappa shape index (κ2) is 6.54. The van der Waals surface area contributed by atoms with Crippen LogP contribution in [0, 0.1) is 12.8 Å². The van der Waals surface area contributed by atoms with E-state index in [-0.39, 0.29) is 5.97 Å². The molecule has 6 heteroatoms. The van der Waals surface area contributed by atoms with E-state index in [1.165, 1.54) is 18.9 Å². The van der Waals surface area contributed by atoms with Gasteiger partial charge in [0.15, 0.2) is 5.16 Å². The van der Waals surface area contributed by atoms with Crippen LogP contribution in [0.25, 0.3) is 0 Å². The highest BCUT2D eigenvalue weighted by Crippen LogP contribution is 2.42. The van der Waals surface area contributed by atoms with Gasteiger partial charge in [0.1, 0.15) is 5.54 Å². The van der Waals surface area contributed by atoms with Crippen molar-refractivity contribution in [3.63, 3.8) is 0 Å². The van der Waals surface area contributed by atoms with E-state index >= 15 is 0 Å². The summed E-state index contributed by atoms with van der Waals surface area (Å²) in [5.74, 6) is 0.774. The third-order valence-corrected chi connectivity index (χ3v) is 4.57. The summed E-state index contributed by atoms with van der Waals surface area (Å²) in [5.41, 5.74) is 0.322. The standard InChI is InChI=1S/C14H21N3O2S/c1-4-16-14(11-5-6-11,12(18)19-3)9-20-13-15-8-7-10(2)17-13/h7-8,11,16H,4-6,9H2,1-3H3. The van der Waals surface area contributed by atoms with Crippen molar-refractivity contribution in [3.05, 3.63) is 18.0 Å². The van der Waals surface area contributed by atoms with E-state index in [2.05, 4.69) is 15.3 Å². The summed E-state index contributed by atoms with van der Waals surface area (Å²) in [5, 5.41) is 4.05. The maximum Gasteiger partial charge on any atom is 0.327 e. The van der Waals surface area contributed by atoms with Gasteiger partial charge in [0.2, 0.25) is 0 Å². The van der Waals surface area contributed by atoms with Crippen LogP contribution in [0.1, 0.15) is 25.5 Å². The maximum absolute atomic E-state index is 12.3. The van der Waals surface area contributed by atoms with Crippen molar-refractivity contribution >= 4 is 17.7 Å². The van der Waals surface area contributed by atoms with E-state index in [9.17, 15) is 4.79 Å². The summed E-state index contributed by atoms with van der Waals surface area (Å²) < 4.78 is 5.03.